The lowest BCUT2D eigenvalue weighted by Crippen LogP contribution is -2.33. The van der Waals surface area contributed by atoms with Crippen LogP contribution in [0.2, 0.25) is 0 Å². The number of anilines is 1. The molecule has 0 saturated heterocycles. The summed E-state index contributed by atoms with van der Waals surface area (Å²) in [5.41, 5.74) is 0.835. The topological polar surface area (TPSA) is 24.9 Å². The van der Waals surface area contributed by atoms with Crippen molar-refractivity contribution in [2.75, 3.05) is 5.32 Å². The molecule has 0 aliphatic carbocycles. The molecule has 0 spiro atoms. The number of halogens is 4. The molecule has 0 aliphatic rings. The fourth-order valence-electron chi connectivity index (χ4n) is 0.922. The van der Waals surface area contributed by atoms with Gasteiger partial charge < -0.3 is 5.32 Å². The van der Waals surface area contributed by atoms with Gasteiger partial charge in [0.1, 0.15) is 11.9 Å². The van der Waals surface area contributed by atoms with E-state index >= 15 is 0 Å². The van der Waals surface area contributed by atoms with Gasteiger partial charge in [0.2, 0.25) is 0 Å². The van der Waals surface area contributed by atoms with Crippen LogP contribution in [-0.4, -0.2) is 17.2 Å². The minimum atomic E-state index is -4.26. The zero-order valence-corrected chi connectivity index (χ0v) is 9.78. The van der Waals surface area contributed by atoms with Crippen LogP contribution in [0.1, 0.15) is 12.5 Å². The maximum atomic E-state index is 12.2. The lowest BCUT2D eigenvalue weighted by molar-refractivity contribution is -0.138. The van der Waals surface area contributed by atoms with Gasteiger partial charge in [0, 0.05) is 10.7 Å². The van der Waals surface area contributed by atoms with Crippen molar-refractivity contribution in [3.8, 4) is 0 Å². The average molecular weight is 283 g/mol. The lowest BCUT2D eigenvalue weighted by Gasteiger charge is -2.17. The first-order valence-electron chi connectivity index (χ1n) is 4.26. The van der Waals surface area contributed by atoms with Gasteiger partial charge in [-0.3, -0.25) is 0 Å². The Kier molecular flexibility index (Phi) is 3.59. The molecule has 0 amide bonds. The van der Waals surface area contributed by atoms with Crippen molar-refractivity contribution in [1.82, 2.24) is 4.98 Å². The Labute approximate surface area is 94.0 Å². The van der Waals surface area contributed by atoms with Crippen LogP contribution < -0.4 is 5.32 Å². The number of pyridine rings is 1. The highest BCUT2D eigenvalue weighted by molar-refractivity contribution is 9.10. The molecule has 15 heavy (non-hydrogen) atoms. The van der Waals surface area contributed by atoms with Gasteiger partial charge in [-0.2, -0.15) is 13.2 Å². The summed E-state index contributed by atoms with van der Waals surface area (Å²) in [6, 6.07) is -0.0441. The van der Waals surface area contributed by atoms with Crippen molar-refractivity contribution in [1.29, 1.82) is 0 Å². The molecule has 0 aliphatic heterocycles. The van der Waals surface area contributed by atoms with Crippen LogP contribution in [0.25, 0.3) is 0 Å². The van der Waals surface area contributed by atoms with Crippen LogP contribution >= 0.6 is 15.9 Å². The van der Waals surface area contributed by atoms with Crippen molar-refractivity contribution in [3.05, 3.63) is 22.3 Å². The number of alkyl halides is 3. The van der Waals surface area contributed by atoms with Crippen LogP contribution in [0.15, 0.2) is 16.7 Å². The van der Waals surface area contributed by atoms with Crippen molar-refractivity contribution in [2.45, 2.75) is 26.1 Å². The first-order valence-corrected chi connectivity index (χ1v) is 5.05. The van der Waals surface area contributed by atoms with Gasteiger partial charge in [0.15, 0.2) is 0 Å². The fraction of sp³-hybridized carbons (Fsp3) is 0.444. The first-order chi connectivity index (χ1) is 6.80. The fourth-order valence-corrected chi connectivity index (χ4v) is 1.14. The molecule has 0 aromatic carbocycles. The van der Waals surface area contributed by atoms with Crippen molar-refractivity contribution >= 4 is 21.7 Å². The summed E-state index contributed by atoms with van der Waals surface area (Å²) in [7, 11) is 0. The zero-order chi connectivity index (χ0) is 11.6. The van der Waals surface area contributed by atoms with Gasteiger partial charge >= 0.3 is 6.18 Å². The van der Waals surface area contributed by atoms with Crippen LogP contribution in [0.5, 0.6) is 0 Å². The minimum Gasteiger partial charge on any atom is -0.359 e. The third-order valence-electron chi connectivity index (χ3n) is 1.90. The molecule has 1 aromatic heterocycles. The summed E-state index contributed by atoms with van der Waals surface area (Å²) < 4.78 is 37.4. The molecular weight excluding hydrogens is 273 g/mol. The van der Waals surface area contributed by atoms with E-state index in [0.29, 0.717) is 0 Å². The second-order valence-electron chi connectivity index (χ2n) is 3.23. The number of rotatable bonds is 2. The Morgan fingerprint density at radius 3 is 2.53 bits per heavy atom. The normalized spacial score (nSPS) is 13.7. The lowest BCUT2D eigenvalue weighted by atomic mass is 10.2. The highest BCUT2D eigenvalue weighted by atomic mass is 79.9. The average Bonchev–Trinajstić information content (AvgIpc) is 2.10. The number of nitrogens with one attached hydrogen (secondary N) is 1. The van der Waals surface area contributed by atoms with E-state index < -0.39 is 12.2 Å². The first kappa shape index (κ1) is 12.3. The number of hydrogen-bond donors (Lipinski definition) is 1. The monoisotopic (exact) mass is 282 g/mol. The van der Waals surface area contributed by atoms with Crippen LogP contribution in [-0.2, 0) is 0 Å². The van der Waals surface area contributed by atoms with Gasteiger partial charge in [0.05, 0.1) is 0 Å². The minimum absolute atomic E-state index is 0.223. The summed E-state index contributed by atoms with van der Waals surface area (Å²) in [6.45, 7) is 2.84. The van der Waals surface area contributed by atoms with Gasteiger partial charge in [0.25, 0.3) is 0 Å². The highest BCUT2D eigenvalue weighted by Gasteiger charge is 2.36. The molecule has 0 radical (unpaired) electrons. The molecule has 6 heteroatoms. The van der Waals surface area contributed by atoms with E-state index in [2.05, 4.69) is 26.2 Å². The van der Waals surface area contributed by atoms with E-state index in [4.69, 9.17) is 0 Å². The Morgan fingerprint density at radius 2 is 2.07 bits per heavy atom. The van der Waals surface area contributed by atoms with Gasteiger partial charge in [-0.15, -0.1) is 0 Å². The molecule has 0 bridgehead atoms. The number of aromatic nitrogens is 1. The number of aryl methyl sites for hydroxylation is 1. The Balaban J connectivity index is 2.78. The maximum absolute atomic E-state index is 12.2. The molecule has 1 heterocycles. The smallest absolute Gasteiger partial charge is 0.359 e. The third-order valence-corrected chi connectivity index (χ3v) is 2.73. The standard InChI is InChI=1S/C9H10BrF3N2/c1-5-3-8(14-4-7(5)10)15-6(2)9(11,12)13/h3-4,6H,1-2H3,(H,14,15)/t6-/m0/s1. The Hall–Kier alpha value is -0.780. The summed E-state index contributed by atoms with van der Waals surface area (Å²) >= 11 is 3.22. The molecule has 1 atom stereocenters. The van der Waals surface area contributed by atoms with E-state index in [1.165, 1.54) is 6.20 Å². The van der Waals surface area contributed by atoms with E-state index in [1.54, 1.807) is 13.0 Å². The number of hydrogen-bond acceptors (Lipinski definition) is 2. The van der Waals surface area contributed by atoms with Crippen LogP contribution in [0.4, 0.5) is 19.0 Å². The van der Waals surface area contributed by atoms with E-state index in [-0.39, 0.29) is 5.82 Å². The molecule has 0 saturated carbocycles. The molecule has 1 rings (SSSR count). The summed E-state index contributed by atoms with van der Waals surface area (Å²) in [5, 5.41) is 2.29. The largest absolute Gasteiger partial charge is 0.408 e. The van der Waals surface area contributed by atoms with Crippen molar-refractivity contribution in [3.63, 3.8) is 0 Å². The maximum Gasteiger partial charge on any atom is 0.408 e. The predicted molar refractivity (Wildman–Crippen MR) is 55.8 cm³/mol. The van der Waals surface area contributed by atoms with Crippen molar-refractivity contribution in [2.24, 2.45) is 0 Å². The summed E-state index contributed by atoms with van der Waals surface area (Å²) in [4.78, 5) is 3.83. The highest BCUT2D eigenvalue weighted by Crippen LogP contribution is 2.24. The van der Waals surface area contributed by atoms with E-state index in [1.807, 2.05) is 0 Å². The molecule has 0 fully saturated rings. The Bertz CT molecular complexity index is 352. The zero-order valence-electron chi connectivity index (χ0n) is 8.19. The molecule has 0 unspecified atom stereocenters. The van der Waals surface area contributed by atoms with E-state index in [9.17, 15) is 13.2 Å². The predicted octanol–water partition coefficient (Wildman–Crippen LogP) is 3.52. The molecular formula is C9H10BrF3N2. The quantitative estimate of drug-likeness (QED) is 0.898. The molecule has 2 nitrogen and oxygen atoms in total. The van der Waals surface area contributed by atoms with Crippen LogP contribution in [0.3, 0.4) is 0 Å². The Morgan fingerprint density at radius 1 is 1.47 bits per heavy atom. The van der Waals surface area contributed by atoms with Gasteiger partial charge in [-0.1, -0.05) is 0 Å². The summed E-state index contributed by atoms with van der Waals surface area (Å²) in [6.07, 6.45) is -2.79. The van der Waals surface area contributed by atoms with Crippen LogP contribution in [0, 0.1) is 6.92 Å². The van der Waals surface area contributed by atoms with Gasteiger partial charge in [-0.05, 0) is 41.4 Å². The second kappa shape index (κ2) is 4.38. The van der Waals surface area contributed by atoms with Gasteiger partial charge in [-0.25, -0.2) is 4.98 Å². The SMILES string of the molecule is Cc1cc(N[C@@H](C)C(F)(F)F)ncc1Br. The van der Waals surface area contributed by atoms with E-state index in [0.717, 1.165) is 17.0 Å². The molecule has 84 valence electrons. The third kappa shape index (κ3) is 3.37. The molecule has 1 N–H and O–H groups in total. The van der Waals surface area contributed by atoms with Crippen molar-refractivity contribution < 1.29 is 13.2 Å². The molecule has 1 aromatic rings. The summed E-state index contributed by atoms with van der Waals surface area (Å²) in [5.74, 6) is 0.223. The number of nitrogens with zero attached hydrogens (tertiary/aromatic N) is 1. The second-order valence-corrected chi connectivity index (χ2v) is 4.08.